The quantitative estimate of drug-likeness (QED) is 0.534. The largest absolute Gasteiger partial charge is 0.342 e. The molecule has 4 heterocycles. The number of carbonyl (C=O) groups excluding carboxylic acids is 2. The van der Waals surface area contributed by atoms with Gasteiger partial charge in [0.05, 0.1) is 12.2 Å². The highest BCUT2D eigenvalue weighted by atomic mass is 16.2. The number of pyridine rings is 1. The highest BCUT2D eigenvalue weighted by Crippen LogP contribution is 2.35. The first kappa shape index (κ1) is 24.2. The van der Waals surface area contributed by atoms with Gasteiger partial charge in [0, 0.05) is 43.3 Å². The van der Waals surface area contributed by atoms with Gasteiger partial charge in [-0.15, -0.1) is 0 Å². The second-order valence-corrected chi connectivity index (χ2v) is 10.3. The van der Waals surface area contributed by atoms with E-state index in [-0.39, 0.29) is 11.8 Å². The molecule has 0 bridgehead atoms. The molecule has 1 spiro atoms. The summed E-state index contributed by atoms with van der Waals surface area (Å²) in [6.45, 7) is 6.65. The topological polar surface area (TPSA) is 94.2 Å². The second kappa shape index (κ2) is 10.2. The van der Waals surface area contributed by atoms with E-state index >= 15 is 0 Å². The van der Waals surface area contributed by atoms with Gasteiger partial charge in [-0.3, -0.25) is 19.5 Å². The van der Waals surface area contributed by atoms with Crippen LogP contribution >= 0.6 is 0 Å². The number of H-pyrrole nitrogens is 1. The third-order valence-corrected chi connectivity index (χ3v) is 7.31. The van der Waals surface area contributed by atoms with Crippen LogP contribution in [0.4, 0.5) is 0 Å². The zero-order chi connectivity index (χ0) is 25.1. The third kappa shape index (κ3) is 4.91. The Morgan fingerprint density at radius 3 is 2.44 bits per heavy atom. The first-order chi connectivity index (χ1) is 17.4. The van der Waals surface area contributed by atoms with Crippen LogP contribution in [0.15, 0.2) is 60.9 Å². The van der Waals surface area contributed by atoms with E-state index in [1.165, 1.54) is 0 Å². The first-order valence-electron chi connectivity index (χ1n) is 12.8. The molecule has 1 unspecified atom stereocenters. The first-order valence-corrected chi connectivity index (χ1v) is 12.8. The molecule has 0 radical (unpaired) electrons. The number of hydrogen-bond donors (Lipinski definition) is 2. The maximum atomic E-state index is 13.7. The Morgan fingerprint density at radius 1 is 1.00 bits per heavy atom. The predicted octanol–water partition coefficient (Wildman–Crippen LogP) is 3.38. The van der Waals surface area contributed by atoms with Crippen molar-refractivity contribution in [1.82, 2.24) is 30.1 Å². The molecule has 2 saturated heterocycles. The van der Waals surface area contributed by atoms with E-state index in [9.17, 15) is 9.59 Å². The third-order valence-electron chi connectivity index (χ3n) is 7.31. The number of nitrogens with one attached hydrogen (secondary N) is 2. The van der Waals surface area contributed by atoms with E-state index in [1.54, 1.807) is 6.20 Å². The number of aromatic nitrogens is 3. The Morgan fingerprint density at radius 2 is 1.75 bits per heavy atom. The number of carbonyl (C=O) groups is 2. The van der Waals surface area contributed by atoms with Crippen molar-refractivity contribution >= 4 is 11.8 Å². The van der Waals surface area contributed by atoms with Crippen LogP contribution < -0.4 is 5.32 Å². The minimum Gasteiger partial charge on any atom is -0.342 e. The number of piperazine rings is 1. The van der Waals surface area contributed by atoms with Crippen LogP contribution in [0.2, 0.25) is 0 Å². The molecule has 1 atom stereocenters. The van der Waals surface area contributed by atoms with Gasteiger partial charge >= 0.3 is 0 Å². The highest BCUT2D eigenvalue weighted by molar-refractivity contribution is 6.00. The molecule has 3 aromatic rings. The summed E-state index contributed by atoms with van der Waals surface area (Å²) in [4.78, 5) is 43.8. The Balaban J connectivity index is 1.31. The number of imidazole rings is 1. The number of piperidine rings is 1. The van der Waals surface area contributed by atoms with E-state index in [0.29, 0.717) is 44.8 Å². The fourth-order valence-electron chi connectivity index (χ4n) is 5.39. The molecular weight excluding hydrogens is 452 g/mol. The van der Waals surface area contributed by atoms with Gasteiger partial charge in [0.1, 0.15) is 17.4 Å². The Kier molecular flexibility index (Phi) is 6.87. The van der Waals surface area contributed by atoms with Gasteiger partial charge in [-0.1, -0.05) is 50.2 Å². The zero-order valence-electron chi connectivity index (χ0n) is 21.0. The fourth-order valence-corrected chi connectivity index (χ4v) is 5.39. The van der Waals surface area contributed by atoms with Gasteiger partial charge in [-0.25, -0.2) is 4.98 Å². The molecule has 8 heteroatoms. The summed E-state index contributed by atoms with van der Waals surface area (Å²) in [5.74, 6) is 1.14. The standard InChI is InChI=1S/C28H34N6O2/c1-20(2)16-24-26(35)34(19-22-10-6-7-13-29-22)28(27(36)32-24)11-14-33(15-12-28)18-23-17-30-25(31-23)21-8-4-3-5-9-21/h3-10,13,17,20,24H,11-12,14-16,18-19H2,1-2H3,(H,30,31)(H,32,36). The van der Waals surface area contributed by atoms with E-state index in [4.69, 9.17) is 0 Å². The number of amides is 2. The Hall–Kier alpha value is -3.52. The van der Waals surface area contributed by atoms with E-state index in [2.05, 4.69) is 39.0 Å². The average Bonchev–Trinajstić information content (AvgIpc) is 3.36. The van der Waals surface area contributed by atoms with Crippen molar-refractivity contribution in [3.05, 3.63) is 72.3 Å². The Labute approximate surface area is 212 Å². The summed E-state index contributed by atoms with van der Waals surface area (Å²) in [6, 6.07) is 15.3. The lowest BCUT2D eigenvalue weighted by molar-refractivity contribution is -0.162. The molecule has 2 aromatic heterocycles. The van der Waals surface area contributed by atoms with Crippen molar-refractivity contribution < 1.29 is 9.59 Å². The molecule has 0 aliphatic carbocycles. The molecule has 0 saturated carbocycles. The maximum Gasteiger partial charge on any atom is 0.246 e. The van der Waals surface area contributed by atoms with Crippen molar-refractivity contribution in [3.8, 4) is 11.4 Å². The molecule has 2 amide bonds. The number of hydrogen-bond acceptors (Lipinski definition) is 5. The summed E-state index contributed by atoms with van der Waals surface area (Å²) >= 11 is 0. The van der Waals surface area contributed by atoms with Gasteiger partial charge in [-0.2, -0.15) is 0 Å². The van der Waals surface area contributed by atoms with Crippen LogP contribution in [0, 0.1) is 5.92 Å². The number of rotatable bonds is 7. The monoisotopic (exact) mass is 486 g/mol. The van der Waals surface area contributed by atoms with E-state index in [1.807, 2.05) is 59.6 Å². The predicted molar refractivity (Wildman–Crippen MR) is 137 cm³/mol. The molecule has 8 nitrogen and oxygen atoms in total. The van der Waals surface area contributed by atoms with Crippen molar-refractivity contribution in [1.29, 1.82) is 0 Å². The van der Waals surface area contributed by atoms with Crippen LogP contribution in [0.1, 0.15) is 44.5 Å². The minimum atomic E-state index is -0.845. The lowest BCUT2D eigenvalue weighted by Gasteiger charge is -2.51. The fraction of sp³-hybridized carbons (Fsp3) is 0.429. The highest BCUT2D eigenvalue weighted by Gasteiger charge is 2.53. The van der Waals surface area contributed by atoms with Crippen molar-refractivity contribution in [2.45, 2.75) is 57.8 Å². The van der Waals surface area contributed by atoms with Crippen molar-refractivity contribution in [2.24, 2.45) is 5.92 Å². The van der Waals surface area contributed by atoms with Gasteiger partial charge in [-0.05, 0) is 37.3 Å². The summed E-state index contributed by atoms with van der Waals surface area (Å²) in [5.41, 5.74) is 2.05. The van der Waals surface area contributed by atoms with Crippen LogP contribution in [0.3, 0.4) is 0 Å². The molecule has 188 valence electrons. The summed E-state index contributed by atoms with van der Waals surface area (Å²) in [6.07, 6.45) is 5.43. The van der Waals surface area contributed by atoms with Crippen molar-refractivity contribution in [3.63, 3.8) is 0 Å². The van der Waals surface area contributed by atoms with Crippen LogP contribution in [-0.2, 0) is 22.7 Å². The van der Waals surface area contributed by atoms with Gasteiger partial charge < -0.3 is 15.2 Å². The van der Waals surface area contributed by atoms with Crippen molar-refractivity contribution in [2.75, 3.05) is 13.1 Å². The molecule has 5 rings (SSSR count). The smallest absolute Gasteiger partial charge is 0.246 e. The zero-order valence-corrected chi connectivity index (χ0v) is 21.0. The molecule has 36 heavy (non-hydrogen) atoms. The minimum absolute atomic E-state index is 0.00322. The maximum absolute atomic E-state index is 13.7. The van der Waals surface area contributed by atoms with E-state index < -0.39 is 11.6 Å². The average molecular weight is 487 g/mol. The summed E-state index contributed by atoms with van der Waals surface area (Å²) in [5, 5.41) is 3.07. The molecule has 2 fully saturated rings. The Bertz CT molecular complexity index is 1190. The molecule has 2 aliphatic rings. The lowest BCUT2D eigenvalue weighted by Crippen LogP contribution is -2.72. The van der Waals surface area contributed by atoms with Gasteiger partial charge in [0.15, 0.2) is 0 Å². The number of benzene rings is 1. The van der Waals surface area contributed by atoms with Crippen LogP contribution in [0.5, 0.6) is 0 Å². The second-order valence-electron chi connectivity index (χ2n) is 10.3. The van der Waals surface area contributed by atoms with Crippen LogP contribution in [0.25, 0.3) is 11.4 Å². The number of likely N-dealkylation sites (tertiary alicyclic amines) is 1. The molecule has 1 aromatic carbocycles. The number of nitrogens with zero attached hydrogens (tertiary/aromatic N) is 4. The lowest BCUT2D eigenvalue weighted by atomic mass is 9.80. The summed E-state index contributed by atoms with van der Waals surface area (Å²) < 4.78 is 0. The number of aromatic amines is 1. The van der Waals surface area contributed by atoms with E-state index in [0.717, 1.165) is 29.3 Å². The normalized spacial score (nSPS) is 20.2. The molecule has 2 N–H and O–H groups in total. The molecular formula is C28H34N6O2. The summed E-state index contributed by atoms with van der Waals surface area (Å²) in [7, 11) is 0. The van der Waals surface area contributed by atoms with Crippen LogP contribution in [-0.4, -0.2) is 61.2 Å². The van der Waals surface area contributed by atoms with Gasteiger partial charge in [0.25, 0.3) is 0 Å². The molecule has 2 aliphatic heterocycles. The van der Waals surface area contributed by atoms with Gasteiger partial charge in [0.2, 0.25) is 11.8 Å². The SMILES string of the molecule is CC(C)CC1NC(=O)C2(CCN(Cc3cnc(-c4ccccc4)[nH]3)CC2)N(Cc2ccccn2)C1=O.